The summed E-state index contributed by atoms with van der Waals surface area (Å²) in [5, 5.41) is 2.92. The Morgan fingerprint density at radius 1 is 1.00 bits per heavy atom. The average Bonchev–Trinajstić information content (AvgIpc) is 2.76. The van der Waals surface area contributed by atoms with Crippen LogP contribution in [0.2, 0.25) is 0 Å². The van der Waals surface area contributed by atoms with Gasteiger partial charge in [-0.2, -0.15) is 0 Å². The summed E-state index contributed by atoms with van der Waals surface area (Å²) in [6, 6.07) is 14.0. The molecule has 7 nitrogen and oxygen atoms in total. The molecule has 0 heterocycles. The molecule has 2 aromatic carbocycles. The first kappa shape index (κ1) is 27.4. The first-order valence-corrected chi connectivity index (χ1v) is 13.4. The summed E-state index contributed by atoms with van der Waals surface area (Å²) < 4.78 is 26.3. The molecule has 2 amide bonds. The number of anilines is 1. The second-order valence-corrected chi connectivity index (χ2v) is 11.1. The Kier molecular flexibility index (Phi) is 9.67. The number of hydrogen-bond acceptors (Lipinski definition) is 4. The van der Waals surface area contributed by atoms with Crippen molar-refractivity contribution < 1.29 is 18.0 Å². The second-order valence-electron chi connectivity index (χ2n) is 9.18. The molecule has 0 radical (unpaired) electrons. The maximum Gasteiger partial charge on any atom is 0.244 e. The molecule has 8 heteroatoms. The van der Waals surface area contributed by atoms with Crippen molar-refractivity contribution in [3.63, 3.8) is 0 Å². The zero-order chi connectivity index (χ0) is 25.5. The summed E-state index contributed by atoms with van der Waals surface area (Å²) in [4.78, 5) is 28.1. The predicted octanol–water partition coefficient (Wildman–Crippen LogP) is 3.65. The summed E-state index contributed by atoms with van der Waals surface area (Å²) in [5.74, 6) is -0.401. The van der Waals surface area contributed by atoms with Gasteiger partial charge in [0.1, 0.15) is 12.6 Å². The fourth-order valence-electron chi connectivity index (χ4n) is 3.63. The Morgan fingerprint density at radius 3 is 2.18 bits per heavy atom. The van der Waals surface area contributed by atoms with E-state index >= 15 is 0 Å². The predicted molar refractivity (Wildman–Crippen MR) is 137 cm³/mol. The third-order valence-electron chi connectivity index (χ3n) is 5.51. The van der Waals surface area contributed by atoms with Gasteiger partial charge in [0.25, 0.3) is 0 Å². The molecule has 0 aromatic heterocycles. The summed E-state index contributed by atoms with van der Waals surface area (Å²) >= 11 is 0. The van der Waals surface area contributed by atoms with E-state index < -0.39 is 22.0 Å². The normalized spacial score (nSPS) is 12.3. The molecule has 1 atom stereocenters. The average molecular weight is 488 g/mol. The number of amides is 2. The largest absolute Gasteiger partial charge is 0.354 e. The van der Waals surface area contributed by atoms with Gasteiger partial charge >= 0.3 is 0 Å². The molecule has 0 saturated carbocycles. The minimum absolute atomic E-state index is 0.206. The second kappa shape index (κ2) is 12.0. The molecule has 2 rings (SSSR count). The van der Waals surface area contributed by atoms with Gasteiger partial charge in [-0.25, -0.2) is 8.42 Å². The van der Waals surface area contributed by atoms with Crippen LogP contribution in [0.5, 0.6) is 0 Å². The van der Waals surface area contributed by atoms with Gasteiger partial charge in [0.2, 0.25) is 21.8 Å². The van der Waals surface area contributed by atoms with E-state index in [2.05, 4.69) is 5.32 Å². The number of carbonyl (C=O) groups excluding carboxylic acids is 2. The van der Waals surface area contributed by atoms with E-state index in [4.69, 9.17) is 0 Å². The molecule has 0 aliphatic carbocycles. The molecule has 34 heavy (non-hydrogen) atoms. The van der Waals surface area contributed by atoms with E-state index in [0.717, 1.165) is 27.3 Å². The van der Waals surface area contributed by atoms with Crippen LogP contribution in [0.4, 0.5) is 5.69 Å². The van der Waals surface area contributed by atoms with Crippen molar-refractivity contribution in [3.05, 3.63) is 65.2 Å². The smallest absolute Gasteiger partial charge is 0.244 e. The third-order valence-corrected chi connectivity index (χ3v) is 6.65. The lowest BCUT2D eigenvalue weighted by Gasteiger charge is -2.33. The molecule has 0 bridgehead atoms. The van der Waals surface area contributed by atoms with Crippen LogP contribution in [0.25, 0.3) is 0 Å². The fourth-order valence-corrected chi connectivity index (χ4v) is 4.47. The Hall–Kier alpha value is -2.87. The van der Waals surface area contributed by atoms with Crippen molar-refractivity contribution in [2.45, 2.75) is 53.6 Å². The van der Waals surface area contributed by atoms with Gasteiger partial charge in [-0.05, 0) is 49.4 Å². The van der Waals surface area contributed by atoms with Gasteiger partial charge in [0.15, 0.2) is 0 Å². The van der Waals surface area contributed by atoms with E-state index in [1.165, 1.54) is 4.90 Å². The van der Waals surface area contributed by atoms with Crippen LogP contribution in [0.1, 0.15) is 43.9 Å². The number of rotatable bonds is 11. The van der Waals surface area contributed by atoms with E-state index in [1.807, 2.05) is 65.0 Å². The summed E-state index contributed by atoms with van der Waals surface area (Å²) in [6.07, 6.45) is 1.49. The van der Waals surface area contributed by atoms with Crippen molar-refractivity contribution in [1.29, 1.82) is 0 Å². The molecule has 0 saturated heterocycles. The molecule has 0 fully saturated rings. The van der Waals surface area contributed by atoms with Crippen molar-refractivity contribution in [2.24, 2.45) is 5.92 Å². The topological polar surface area (TPSA) is 86.8 Å². The van der Waals surface area contributed by atoms with E-state index in [-0.39, 0.29) is 24.9 Å². The van der Waals surface area contributed by atoms with E-state index in [0.29, 0.717) is 18.7 Å². The number of aryl methyl sites for hydroxylation is 2. The van der Waals surface area contributed by atoms with Crippen LogP contribution in [0.3, 0.4) is 0 Å². The van der Waals surface area contributed by atoms with Crippen molar-refractivity contribution >= 4 is 27.5 Å². The van der Waals surface area contributed by atoms with Crippen LogP contribution in [-0.2, 0) is 26.2 Å². The first-order valence-electron chi connectivity index (χ1n) is 11.6. The fraction of sp³-hybridized carbons (Fsp3) is 0.462. The lowest BCUT2D eigenvalue weighted by Crippen LogP contribution is -2.52. The van der Waals surface area contributed by atoms with Crippen LogP contribution < -0.4 is 9.62 Å². The lowest BCUT2D eigenvalue weighted by atomic mass is 10.1. The highest BCUT2D eigenvalue weighted by atomic mass is 32.2. The number of carbonyl (C=O) groups is 2. The number of sulfonamides is 1. The number of benzene rings is 2. The molecular formula is C26H37N3O4S. The quantitative estimate of drug-likeness (QED) is 0.524. The van der Waals surface area contributed by atoms with Crippen molar-refractivity contribution in [3.8, 4) is 0 Å². The van der Waals surface area contributed by atoms with Gasteiger partial charge in [-0.3, -0.25) is 13.9 Å². The number of nitrogens with one attached hydrogen (secondary N) is 1. The molecule has 0 spiro atoms. The lowest BCUT2D eigenvalue weighted by molar-refractivity contribution is -0.140. The zero-order valence-electron chi connectivity index (χ0n) is 21.0. The zero-order valence-corrected chi connectivity index (χ0v) is 21.9. The monoisotopic (exact) mass is 487 g/mol. The number of hydrogen-bond donors (Lipinski definition) is 1. The Labute approximate surface area is 204 Å². The SMILES string of the molecule is CC[C@@H](C(=O)NCC(C)C)N(Cc1ccc(C)cc1)C(=O)CN(c1cccc(C)c1)S(C)(=O)=O. The van der Waals surface area contributed by atoms with Crippen molar-refractivity contribution in [1.82, 2.24) is 10.2 Å². The van der Waals surface area contributed by atoms with Crippen LogP contribution >= 0.6 is 0 Å². The summed E-state index contributed by atoms with van der Waals surface area (Å²) in [6.45, 7) is 10.0. The van der Waals surface area contributed by atoms with Crippen LogP contribution in [0, 0.1) is 19.8 Å². The molecule has 2 aromatic rings. The standard InChI is InChI=1S/C26H37N3O4S/c1-7-24(26(31)27-16-19(2)3)28(17-22-13-11-20(4)12-14-22)25(30)18-29(34(6,32)33)23-10-8-9-21(5)15-23/h8-15,19,24H,7,16-18H2,1-6H3,(H,27,31)/t24-/m0/s1. The van der Waals surface area contributed by atoms with Crippen molar-refractivity contribution in [2.75, 3.05) is 23.7 Å². The van der Waals surface area contributed by atoms with Gasteiger partial charge in [0, 0.05) is 13.1 Å². The third kappa shape index (κ3) is 7.87. The highest BCUT2D eigenvalue weighted by Gasteiger charge is 2.31. The molecule has 186 valence electrons. The van der Waals surface area contributed by atoms with Crippen LogP contribution in [-0.4, -0.2) is 50.5 Å². The maximum absolute atomic E-state index is 13.6. The summed E-state index contributed by atoms with van der Waals surface area (Å²) in [5.41, 5.74) is 3.26. The highest BCUT2D eigenvalue weighted by Crippen LogP contribution is 2.21. The van der Waals surface area contributed by atoms with Gasteiger partial charge in [0.05, 0.1) is 11.9 Å². The first-order chi connectivity index (χ1) is 15.9. The maximum atomic E-state index is 13.6. The van der Waals surface area contributed by atoms with E-state index in [9.17, 15) is 18.0 Å². The molecule has 0 aliphatic heterocycles. The molecule has 0 unspecified atom stereocenters. The van der Waals surface area contributed by atoms with Gasteiger partial charge in [-0.15, -0.1) is 0 Å². The van der Waals surface area contributed by atoms with Gasteiger partial charge in [-0.1, -0.05) is 62.7 Å². The Morgan fingerprint density at radius 2 is 1.65 bits per heavy atom. The minimum Gasteiger partial charge on any atom is -0.354 e. The highest BCUT2D eigenvalue weighted by molar-refractivity contribution is 7.92. The molecule has 1 N–H and O–H groups in total. The van der Waals surface area contributed by atoms with E-state index in [1.54, 1.807) is 18.2 Å². The molecular weight excluding hydrogens is 450 g/mol. The Balaban J connectivity index is 2.41. The molecule has 0 aliphatic rings. The van der Waals surface area contributed by atoms with Crippen LogP contribution in [0.15, 0.2) is 48.5 Å². The Bertz CT molecular complexity index is 1080. The minimum atomic E-state index is -3.73. The number of nitrogens with zero attached hydrogens (tertiary/aromatic N) is 2. The summed E-state index contributed by atoms with van der Waals surface area (Å²) in [7, 11) is -3.73. The van der Waals surface area contributed by atoms with Gasteiger partial charge < -0.3 is 10.2 Å².